The molecule has 0 saturated carbocycles. The number of aryl methyl sites for hydroxylation is 1. The Morgan fingerprint density at radius 1 is 1.10 bits per heavy atom. The number of rotatable bonds is 5. The lowest BCUT2D eigenvalue weighted by molar-refractivity contribution is -0.255. The second-order valence-electron chi connectivity index (χ2n) is 4.49. The molecule has 2 rings (SSSR count). The van der Waals surface area contributed by atoms with Gasteiger partial charge in [0.1, 0.15) is 0 Å². The number of anilines is 1. The van der Waals surface area contributed by atoms with Gasteiger partial charge < -0.3 is 15.2 Å². The number of nitrogens with one attached hydrogen (secondary N) is 1. The fourth-order valence-corrected chi connectivity index (χ4v) is 2.58. The van der Waals surface area contributed by atoms with Gasteiger partial charge in [0.2, 0.25) is 5.91 Å². The largest absolute Gasteiger partial charge is 0.545 e. The first-order valence-corrected chi connectivity index (χ1v) is 7.34. The van der Waals surface area contributed by atoms with E-state index in [0.717, 1.165) is 11.3 Å². The Hall–Kier alpha value is -2.27. The maximum atomic E-state index is 11.9. The van der Waals surface area contributed by atoms with Crippen LogP contribution in [0.5, 0.6) is 0 Å². The minimum Gasteiger partial charge on any atom is -0.545 e. The number of hydrogen-bond acceptors (Lipinski definition) is 4. The molecular weight excluding hydrogens is 286 g/mol. The molecule has 0 aromatic heterocycles. The Morgan fingerprint density at radius 2 is 1.76 bits per heavy atom. The average Bonchev–Trinajstić information content (AvgIpc) is 2.48. The molecule has 0 aliphatic heterocycles. The lowest BCUT2D eigenvalue weighted by atomic mass is 10.2. The van der Waals surface area contributed by atoms with E-state index in [1.807, 2.05) is 31.2 Å². The van der Waals surface area contributed by atoms with Crippen molar-refractivity contribution in [2.24, 2.45) is 0 Å². The first kappa shape index (κ1) is 15.1. The van der Waals surface area contributed by atoms with Gasteiger partial charge in [0.25, 0.3) is 0 Å². The predicted octanol–water partition coefficient (Wildman–Crippen LogP) is 2.09. The molecule has 0 bridgehead atoms. The summed E-state index contributed by atoms with van der Waals surface area (Å²) in [5, 5.41) is 13.7. The number of benzene rings is 2. The smallest absolute Gasteiger partial charge is 0.234 e. The highest BCUT2D eigenvalue weighted by Crippen LogP contribution is 2.22. The zero-order valence-corrected chi connectivity index (χ0v) is 12.3. The third kappa shape index (κ3) is 4.36. The Balaban J connectivity index is 1.95. The summed E-state index contributed by atoms with van der Waals surface area (Å²) in [6.45, 7) is 1.97. The molecule has 0 spiro atoms. The number of hydrogen-bond donors (Lipinski definition) is 1. The molecule has 0 fully saturated rings. The van der Waals surface area contributed by atoms with Crippen molar-refractivity contribution in [2.75, 3.05) is 11.1 Å². The van der Waals surface area contributed by atoms with E-state index in [1.54, 1.807) is 18.2 Å². The molecule has 0 saturated heterocycles. The molecule has 0 radical (unpaired) electrons. The van der Waals surface area contributed by atoms with Crippen LogP contribution in [-0.2, 0) is 4.79 Å². The maximum absolute atomic E-state index is 11.9. The Labute approximate surface area is 127 Å². The summed E-state index contributed by atoms with van der Waals surface area (Å²) < 4.78 is 0. The summed E-state index contributed by atoms with van der Waals surface area (Å²) in [6, 6.07) is 14.0. The Morgan fingerprint density at radius 3 is 2.43 bits per heavy atom. The highest BCUT2D eigenvalue weighted by Gasteiger charge is 2.07. The van der Waals surface area contributed by atoms with Crippen molar-refractivity contribution in [3.8, 4) is 0 Å². The predicted molar refractivity (Wildman–Crippen MR) is 81.3 cm³/mol. The molecule has 108 valence electrons. The maximum Gasteiger partial charge on any atom is 0.234 e. The van der Waals surface area contributed by atoms with E-state index < -0.39 is 5.97 Å². The first-order chi connectivity index (χ1) is 10.1. The van der Waals surface area contributed by atoms with Crippen LogP contribution in [0.3, 0.4) is 0 Å². The van der Waals surface area contributed by atoms with Crippen molar-refractivity contribution >= 4 is 29.3 Å². The Kier molecular flexibility index (Phi) is 5.00. The normalized spacial score (nSPS) is 10.1. The number of carboxylic acids is 1. The SMILES string of the molecule is Cc1ccc(NC(=O)CSc2ccccc2C(=O)[O-])cc1. The van der Waals surface area contributed by atoms with E-state index in [1.165, 1.54) is 17.8 Å². The van der Waals surface area contributed by atoms with Gasteiger partial charge in [-0.2, -0.15) is 0 Å². The summed E-state index contributed by atoms with van der Waals surface area (Å²) in [4.78, 5) is 23.3. The number of carbonyl (C=O) groups is 2. The minimum atomic E-state index is -1.24. The van der Waals surface area contributed by atoms with Gasteiger partial charge in [-0.3, -0.25) is 4.79 Å². The van der Waals surface area contributed by atoms with Crippen molar-refractivity contribution in [3.05, 3.63) is 59.7 Å². The van der Waals surface area contributed by atoms with Crippen molar-refractivity contribution in [1.29, 1.82) is 0 Å². The Bertz CT molecular complexity index is 653. The van der Waals surface area contributed by atoms with E-state index in [9.17, 15) is 14.7 Å². The molecular formula is C16H14NO3S-. The monoisotopic (exact) mass is 300 g/mol. The van der Waals surface area contributed by atoms with E-state index >= 15 is 0 Å². The quantitative estimate of drug-likeness (QED) is 0.858. The third-order valence-electron chi connectivity index (χ3n) is 2.80. The molecule has 0 atom stereocenters. The number of carbonyl (C=O) groups excluding carboxylic acids is 2. The van der Waals surface area contributed by atoms with Crippen molar-refractivity contribution in [2.45, 2.75) is 11.8 Å². The lowest BCUT2D eigenvalue weighted by Gasteiger charge is -2.10. The van der Waals surface area contributed by atoms with Crippen LogP contribution >= 0.6 is 11.8 Å². The van der Waals surface area contributed by atoms with Crippen molar-refractivity contribution < 1.29 is 14.7 Å². The van der Waals surface area contributed by atoms with Gasteiger partial charge in [0.15, 0.2) is 0 Å². The molecule has 1 amide bonds. The summed E-state index contributed by atoms with van der Waals surface area (Å²) >= 11 is 1.17. The second-order valence-corrected chi connectivity index (χ2v) is 5.50. The molecule has 1 N–H and O–H groups in total. The zero-order valence-electron chi connectivity index (χ0n) is 11.5. The number of thioether (sulfide) groups is 1. The van der Waals surface area contributed by atoms with Crippen molar-refractivity contribution in [3.63, 3.8) is 0 Å². The number of aromatic carboxylic acids is 1. The van der Waals surface area contributed by atoms with Crippen molar-refractivity contribution in [1.82, 2.24) is 0 Å². The molecule has 0 aliphatic carbocycles. The highest BCUT2D eigenvalue weighted by atomic mass is 32.2. The highest BCUT2D eigenvalue weighted by molar-refractivity contribution is 8.00. The molecule has 0 heterocycles. The van der Waals surface area contributed by atoms with Gasteiger partial charge in [-0.1, -0.05) is 35.9 Å². The first-order valence-electron chi connectivity index (χ1n) is 6.36. The summed E-state index contributed by atoms with van der Waals surface area (Å²) in [5.74, 6) is -1.29. The van der Waals surface area contributed by atoms with Crippen LogP contribution in [0.2, 0.25) is 0 Å². The van der Waals surface area contributed by atoms with E-state index in [0.29, 0.717) is 4.90 Å². The fraction of sp³-hybridized carbons (Fsp3) is 0.125. The summed E-state index contributed by atoms with van der Waals surface area (Å²) in [6.07, 6.45) is 0. The van der Waals surface area contributed by atoms with Crippen LogP contribution in [0.4, 0.5) is 5.69 Å². The van der Waals surface area contributed by atoms with E-state index in [-0.39, 0.29) is 17.2 Å². The van der Waals surface area contributed by atoms with Crippen LogP contribution in [0.1, 0.15) is 15.9 Å². The lowest BCUT2D eigenvalue weighted by Crippen LogP contribution is -2.23. The molecule has 0 unspecified atom stereocenters. The van der Waals surface area contributed by atoms with Crippen LogP contribution in [-0.4, -0.2) is 17.6 Å². The molecule has 0 aliphatic rings. The fourth-order valence-electron chi connectivity index (χ4n) is 1.74. The van der Waals surface area contributed by atoms with Crippen LogP contribution < -0.4 is 10.4 Å². The molecule has 2 aromatic rings. The molecule has 21 heavy (non-hydrogen) atoms. The number of amides is 1. The van der Waals surface area contributed by atoms with Gasteiger partial charge in [0, 0.05) is 16.1 Å². The van der Waals surface area contributed by atoms with Gasteiger partial charge >= 0.3 is 0 Å². The molecule has 4 nitrogen and oxygen atoms in total. The van der Waals surface area contributed by atoms with Crippen LogP contribution in [0.25, 0.3) is 0 Å². The molecule has 2 aromatic carbocycles. The average molecular weight is 300 g/mol. The number of carboxylic acid groups (broad SMARTS) is 1. The van der Waals surface area contributed by atoms with Gasteiger partial charge in [0.05, 0.1) is 11.7 Å². The second kappa shape index (κ2) is 6.95. The summed E-state index contributed by atoms with van der Waals surface area (Å²) in [7, 11) is 0. The standard InChI is InChI=1S/C16H15NO3S/c1-11-6-8-12(9-7-11)17-15(18)10-21-14-5-3-2-4-13(14)16(19)20/h2-9H,10H2,1H3,(H,17,18)(H,19,20)/p-1. The third-order valence-corrected chi connectivity index (χ3v) is 3.87. The van der Waals surface area contributed by atoms with Gasteiger partial charge in [-0.05, 0) is 25.1 Å². The van der Waals surface area contributed by atoms with Gasteiger partial charge in [-0.25, -0.2) is 0 Å². The van der Waals surface area contributed by atoms with Crippen LogP contribution in [0.15, 0.2) is 53.4 Å². The topological polar surface area (TPSA) is 69.2 Å². The summed E-state index contributed by atoms with van der Waals surface area (Å²) in [5.41, 5.74) is 1.94. The molecule has 5 heteroatoms. The van der Waals surface area contributed by atoms with Crippen LogP contribution in [0, 0.1) is 6.92 Å². The minimum absolute atomic E-state index is 0.102. The van der Waals surface area contributed by atoms with Gasteiger partial charge in [-0.15, -0.1) is 11.8 Å². The van der Waals surface area contributed by atoms with E-state index in [2.05, 4.69) is 5.32 Å². The van der Waals surface area contributed by atoms with E-state index in [4.69, 9.17) is 0 Å². The zero-order chi connectivity index (χ0) is 15.2.